The molecule has 1 aliphatic heterocycles. The maximum absolute atomic E-state index is 13.4. The standard InChI is InChI=1S/C21H20Cl3F3N2O/c1-11-3-4-12(2)29(10-11)19-15(7-13(8-18(19)24)21(25,26)27)20(30)28-14-5-6-16(22)17(23)9-14/h5-9,11-12H,3-4,10H2,1-2H3,(H,28,30). The van der Waals surface area contributed by atoms with Crippen LogP contribution in [0.1, 0.15) is 42.6 Å². The van der Waals surface area contributed by atoms with Gasteiger partial charge in [-0.15, -0.1) is 0 Å². The quantitative estimate of drug-likeness (QED) is 0.493. The third-order valence-corrected chi connectivity index (χ3v) is 6.24. The number of halogens is 6. The molecule has 0 saturated carbocycles. The first-order valence-electron chi connectivity index (χ1n) is 9.41. The van der Waals surface area contributed by atoms with Crippen LogP contribution in [-0.2, 0) is 6.18 Å². The first kappa shape index (κ1) is 23.0. The SMILES string of the molecule is CC1CCC(C)N(c2c(Cl)cc(C(F)(F)F)cc2C(=O)Nc2ccc(Cl)c(Cl)c2)C1. The molecule has 1 aliphatic rings. The van der Waals surface area contributed by atoms with E-state index in [2.05, 4.69) is 12.2 Å². The van der Waals surface area contributed by atoms with Gasteiger partial charge in [0.05, 0.1) is 31.9 Å². The number of alkyl halides is 3. The summed E-state index contributed by atoms with van der Waals surface area (Å²) in [5, 5.41) is 3.01. The van der Waals surface area contributed by atoms with Crippen molar-refractivity contribution in [1.82, 2.24) is 0 Å². The number of hydrogen-bond donors (Lipinski definition) is 1. The first-order chi connectivity index (χ1) is 14.0. The van der Waals surface area contributed by atoms with Crippen molar-refractivity contribution in [1.29, 1.82) is 0 Å². The van der Waals surface area contributed by atoms with Gasteiger partial charge in [0.25, 0.3) is 5.91 Å². The molecule has 0 bridgehead atoms. The summed E-state index contributed by atoms with van der Waals surface area (Å²) >= 11 is 18.2. The zero-order valence-electron chi connectivity index (χ0n) is 16.3. The number of nitrogens with zero attached hydrogens (tertiary/aromatic N) is 1. The summed E-state index contributed by atoms with van der Waals surface area (Å²) in [6.45, 7) is 4.63. The van der Waals surface area contributed by atoms with Crippen molar-refractivity contribution in [2.75, 3.05) is 16.8 Å². The van der Waals surface area contributed by atoms with Crippen LogP contribution >= 0.6 is 34.8 Å². The molecule has 1 amide bonds. The van der Waals surface area contributed by atoms with Crippen molar-refractivity contribution >= 4 is 52.1 Å². The monoisotopic (exact) mass is 478 g/mol. The number of nitrogens with one attached hydrogen (secondary N) is 1. The molecule has 0 aliphatic carbocycles. The zero-order valence-corrected chi connectivity index (χ0v) is 18.6. The molecule has 1 N–H and O–H groups in total. The molecule has 0 radical (unpaired) electrons. The second-order valence-corrected chi connectivity index (χ2v) is 8.84. The summed E-state index contributed by atoms with van der Waals surface area (Å²) in [7, 11) is 0. The van der Waals surface area contributed by atoms with E-state index in [1.165, 1.54) is 18.2 Å². The van der Waals surface area contributed by atoms with Crippen LogP contribution in [0, 0.1) is 5.92 Å². The molecule has 2 aromatic carbocycles. The Hall–Kier alpha value is -1.63. The molecule has 3 rings (SSSR count). The Morgan fingerprint density at radius 1 is 1.03 bits per heavy atom. The second kappa shape index (κ2) is 8.85. The Bertz CT molecular complexity index is 965. The highest BCUT2D eigenvalue weighted by Gasteiger charge is 2.35. The molecule has 1 fully saturated rings. The molecular weight excluding hydrogens is 460 g/mol. The lowest BCUT2D eigenvalue weighted by molar-refractivity contribution is -0.137. The largest absolute Gasteiger partial charge is 0.416 e. The maximum atomic E-state index is 13.4. The normalized spacial score (nSPS) is 19.7. The number of rotatable bonds is 3. The predicted octanol–water partition coefficient (Wildman–Crippen LogP) is 7.54. The number of benzene rings is 2. The second-order valence-electron chi connectivity index (χ2n) is 7.62. The van der Waals surface area contributed by atoms with E-state index in [0.29, 0.717) is 28.9 Å². The van der Waals surface area contributed by atoms with E-state index >= 15 is 0 Å². The molecule has 1 saturated heterocycles. The summed E-state index contributed by atoms with van der Waals surface area (Å²) in [5.41, 5.74) is -0.495. The van der Waals surface area contributed by atoms with Crippen molar-refractivity contribution in [3.05, 3.63) is 56.5 Å². The number of amides is 1. The molecule has 9 heteroatoms. The first-order valence-corrected chi connectivity index (χ1v) is 10.5. The lowest BCUT2D eigenvalue weighted by Gasteiger charge is -2.40. The molecule has 2 aromatic rings. The van der Waals surface area contributed by atoms with Crippen LogP contribution < -0.4 is 10.2 Å². The molecule has 30 heavy (non-hydrogen) atoms. The van der Waals surface area contributed by atoms with E-state index in [1.54, 1.807) is 0 Å². The lowest BCUT2D eigenvalue weighted by atomic mass is 9.93. The Kier molecular flexibility index (Phi) is 6.80. The third kappa shape index (κ3) is 4.98. The van der Waals surface area contributed by atoms with E-state index in [9.17, 15) is 18.0 Å². The van der Waals surface area contributed by atoms with Gasteiger partial charge in [-0.2, -0.15) is 13.2 Å². The van der Waals surface area contributed by atoms with Gasteiger partial charge in [0, 0.05) is 18.3 Å². The predicted molar refractivity (Wildman–Crippen MR) is 116 cm³/mol. The van der Waals surface area contributed by atoms with Gasteiger partial charge in [-0.1, -0.05) is 41.7 Å². The van der Waals surface area contributed by atoms with Gasteiger partial charge in [-0.05, 0) is 56.0 Å². The van der Waals surface area contributed by atoms with E-state index in [4.69, 9.17) is 34.8 Å². The average Bonchev–Trinajstić information content (AvgIpc) is 2.65. The van der Waals surface area contributed by atoms with Crippen LogP contribution in [0.15, 0.2) is 30.3 Å². The maximum Gasteiger partial charge on any atom is 0.416 e. The fraction of sp³-hybridized carbons (Fsp3) is 0.381. The molecule has 1 heterocycles. The molecule has 0 aromatic heterocycles. The van der Waals surface area contributed by atoms with Crippen LogP contribution in [0.25, 0.3) is 0 Å². The van der Waals surface area contributed by atoms with E-state index in [1.807, 2.05) is 11.8 Å². The number of carbonyl (C=O) groups excluding carboxylic acids is 1. The van der Waals surface area contributed by atoms with Crippen molar-refractivity contribution in [3.63, 3.8) is 0 Å². The van der Waals surface area contributed by atoms with Crippen molar-refractivity contribution < 1.29 is 18.0 Å². The van der Waals surface area contributed by atoms with Crippen molar-refractivity contribution in [3.8, 4) is 0 Å². The highest BCUT2D eigenvalue weighted by Crippen LogP contribution is 2.41. The summed E-state index contributed by atoms with van der Waals surface area (Å²) < 4.78 is 40.2. The zero-order chi connectivity index (χ0) is 22.2. The lowest BCUT2D eigenvalue weighted by Crippen LogP contribution is -2.42. The van der Waals surface area contributed by atoms with Gasteiger partial charge in [0.1, 0.15) is 0 Å². The number of piperidine rings is 1. The molecule has 2 unspecified atom stereocenters. The van der Waals surface area contributed by atoms with Crippen molar-refractivity contribution in [2.24, 2.45) is 5.92 Å². The van der Waals surface area contributed by atoms with E-state index in [-0.39, 0.29) is 21.7 Å². The highest BCUT2D eigenvalue weighted by atomic mass is 35.5. The molecule has 162 valence electrons. The number of carbonyl (C=O) groups is 1. The summed E-state index contributed by atoms with van der Waals surface area (Å²) in [6.07, 6.45) is -2.78. The molecular formula is C21H20Cl3F3N2O. The van der Waals surface area contributed by atoms with Gasteiger partial charge < -0.3 is 10.2 Å². The van der Waals surface area contributed by atoms with Gasteiger partial charge >= 0.3 is 6.18 Å². The number of hydrogen-bond acceptors (Lipinski definition) is 2. The Morgan fingerprint density at radius 3 is 2.37 bits per heavy atom. The van der Waals surface area contributed by atoms with E-state index < -0.39 is 17.6 Å². The van der Waals surface area contributed by atoms with Crippen molar-refractivity contribution in [2.45, 2.75) is 38.9 Å². The van der Waals surface area contributed by atoms with Crippen LogP contribution in [0.4, 0.5) is 24.5 Å². The molecule has 3 nitrogen and oxygen atoms in total. The van der Waals surface area contributed by atoms with Gasteiger partial charge in [-0.25, -0.2) is 0 Å². The minimum absolute atomic E-state index is 0.0342. The number of anilines is 2. The summed E-state index contributed by atoms with van der Waals surface area (Å²) in [5.74, 6) is -0.382. The topological polar surface area (TPSA) is 32.3 Å². The van der Waals surface area contributed by atoms with Crippen LogP contribution in [0.3, 0.4) is 0 Å². The minimum atomic E-state index is -4.64. The van der Waals surface area contributed by atoms with Crippen LogP contribution in [0.2, 0.25) is 15.1 Å². The van der Waals surface area contributed by atoms with Gasteiger partial charge in [0.2, 0.25) is 0 Å². The molecule has 0 spiro atoms. The third-order valence-electron chi connectivity index (χ3n) is 5.22. The van der Waals surface area contributed by atoms with Crippen LogP contribution in [-0.4, -0.2) is 18.5 Å². The fourth-order valence-corrected chi connectivity index (χ4v) is 4.23. The Morgan fingerprint density at radius 2 is 1.73 bits per heavy atom. The molecule has 2 atom stereocenters. The van der Waals surface area contributed by atoms with Gasteiger partial charge in [-0.3, -0.25) is 4.79 Å². The fourth-order valence-electron chi connectivity index (χ4n) is 3.60. The Balaban J connectivity index is 2.08. The smallest absolute Gasteiger partial charge is 0.367 e. The minimum Gasteiger partial charge on any atom is -0.367 e. The van der Waals surface area contributed by atoms with Crippen LogP contribution in [0.5, 0.6) is 0 Å². The summed E-state index contributed by atoms with van der Waals surface area (Å²) in [6, 6.07) is 6.20. The average molecular weight is 480 g/mol. The van der Waals surface area contributed by atoms with Gasteiger partial charge in [0.15, 0.2) is 0 Å². The Labute approximate surface area is 188 Å². The van der Waals surface area contributed by atoms with E-state index in [0.717, 1.165) is 25.0 Å². The highest BCUT2D eigenvalue weighted by molar-refractivity contribution is 6.42. The summed E-state index contributed by atoms with van der Waals surface area (Å²) in [4.78, 5) is 15.0.